The van der Waals surface area contributed by atoms with E-state index in [1.54, 1.807) is 24.5 Å². The monoisotopic (exact) mass is 417 g/mol. The minimum atomic E-state index is -4.77. The first-order valence-electron chi connectivity index (χ1n) is 8.81. The Hall–Kier alpha value is -3.66. The molecule has 0 aliphatic carbocycles. The second-order valence-electron chi connectivity index (χ2n) is 6.29. The van der Waals surface area contributed by atoms with Gasteiger partial charge in [0.25, 0.3) is 5.91 Å². The number of alkyl halides is 3. The molecule has 7 nitrogen and oxygen atoms in total. The maximum atomic E-state index is 12.7. The Morgan fingerprint density at radius 2 is 1.67 bits per heavy atom. The molecule has 1 heterocycles. The molecule has 2 aromatic carbocycles. The Bertz CT molecular complexity index is 1010. The van der Waals surface area contributed by atoms with Gasteiger partial charge in [0, 0.05) is 31.0 Å². The fourth-order valence-corrected chi connectivity index (χ4v) is 2.71. The average Bonchev–Trinajstić information content (AvgIpc) is 2.72. The predicted molar refractivity (Wildman–Crippen MR) is 104 cm³/mol. The SMILES string of the molecule is Nc1ccc(-c2ccc(OC(F)(F)F)cc2)cc1C(=O)N(N)CCc1ncccn1. The van der Waals surface area contributed by atoms with Crippen LogP contribution in [0.25, 0.3) is 11.1 Å². The van der Waals surface area contributed by atoms with E-state index in [1.807, 2.05) is 0 Å². The molecule has 0 aliphatic heterocycles. The van der Waals surface area contributed by atoms with Gasteiger partial charge >= 0.3 is 6.36 Å². The normalized spacial score (nSPS) is 11.2. The molecule has 0 unspecified atom stereocenters. The van der Waals surface area contributed by atoms with Crippen molar-refractivity contribution < 1.29 is 22.7 Å². The lowest BCUT2D eigenvalue weighted by atomic mass is 10.0. The molecule has 0 radical (unpaired) electrons. The van der Waals surface area contributed by atoms with Crippen molar-refractivity contribution in [3.8, 4) is 16.9 Å². The molecule has 0 spiro atoms. The summed E-state index contributed by atoms with van der Waals surface area (Å²) in [5.41, 5.74) is 7.52. The van der Waals surface area contributed by atoms with Gasteiger partial charge in [0.1, 0.15) is 11.6 Å². The number of hydrazine groups is 1. The third-order valence-electron chi connectivity index (χ3n) is 4.16. The number of hydrogen-bond donors (Lipinski definition) is 2. The molecule has 1 amide bonds. The highest BCUT2D eigenvalue weighted by molar-refractivity contribution is 6.00. The number of amides is 1. The van der Waals surface area contributed by atoms with Gasteiger partial charge in [0.2, 0.25) is 0 Å². The predicted octanol–water partition coefficient (Wildman–Crippen LogP) is 3.18. The zero-order chi connectivity index (χ0) is 21.7. The molecule has 3 rings (SSSR count). The molecule has 4 N–H and O–H groups in total. The highest BCUT2D eigenvalue weighted by atomic mass is 19.4. The minimum absolute atomic E-state index is 0.177. The third kappa shape index (κ3) is 5.45. The van der Waals surface area contributed by atoms with Gasteiger partial charge in [-0.05, 0) is 41.5 Å². The van der Waals surface area contributed by atoms with Crippen molar-refractivity contribution in [2.24, 2.45) is 5.84 Å². The average molecular weight is 417 g/mol. The number of hydrogen-bond acceptors (Lipinski definition) is 6. The van der Waals surface area contributed by atoms with Crippen molar-refractivity contribution in [1.29, 1.82) is 0 Å². The van der Waals surface area contributed by atoms with Crippen LogP contribution in [0.2, 0.25) is 0 Å². The van der Waals surface area contributed by atoms with Crippen molar-refractivity contribution >= 4 is 11.6 Å². The van der Waals surface area contributed by atoms with Crippen molar-refractivity contribution in [3.63, 3.8) is 0 Å². The maximum Gasteiger partial charge on any atom is 0.573 e. The van der Waals surface area contributed by atoms with Crippen molar-refractivity contribution in [2.75, 3.05) is 12.3 Å². The van der Waals surface area contributed by atoms with E-state index in [2.05, 4.69) is 14.7 Å². The van der Waals surface area contributed by atoms with Gasteiger partial charge in [-0.1, -0.05) is 18.2 Å². The van der Waals surface area contributed by atoms with Crippen LogP contribution in [0.5, 0.6) is 5.75 Å². The Balaban J connectivity index is 1.75. The fraction of sp³-hybridized carbons (Fsp3) is 0.150. The lowest BCUT2D eigenvalue weighted by Gasteiger charge is -2.18. The van der Waals surface area contributed by atoms with Crippen LogP contribution in [-0.4, -0.2) is 33.8 Å². The number of nitrogen functional groups attached to an aromatic ring is 1. The molecule has 10 heteroatoms. The summed E-state index contributed by atoms with van der Waals surface area (Å²) >= 11 is 0. The Kier molecular flexibility index (Phi) is 6.17. The first kappa shape index (κ1) is 21.1. The number of rotatable bonds is 6. The summed E-state index contributed by atoms with van der Waals surface area (Å²) in [4.78, 5) is 20.9. The number of carbonyl (C=O) groups is 1. The van der Waals surface area contributed by atoms with Crippen LogP contribution < -0.4 is 16.3 Å². The Labute approximate surface area is 170 Å². The number of ether oxygens (including phenoxy) is 1. The molecule has 0 aliphatic rings. The van der Waals surface area contributed by atoms with Gasteiger partial charge in [-0.3, -0.25) is 9.80 Å². The van der Waals surface area contributed by atoms with Crippen LogP contribution >= 0.6 is 0 Å². The van der Waals surface area contributed by atoms with E-state index in [4.69, 9.17) is 11.6 Å². The van der Waals surface area contributed by atoms with Gasteiger partial charge in [-0.2, -0.15) is 0 Å². The molecular weight excluding hydrogens is 399 g/mol. The van der Waals surface area contributed by atoms with Crippen molar-refractivity contribution in [1.82, 2.24) is 15.0 Å². The number of halogens is 3. The maximum absolute atomic E-state index is 12.7. The van der Waals surface area contributed by atoms with E-state index < -0.39 is 12.3 Å². The molecule has 30 heavy (non-hydrogen) atoms. The summed E-state index contributed by atoms with van der Waals surface area (Å²) in [5, 5.41) is 1.02. The lowest BCUT2D eigenvalue weighted by molar-refractivity contribution is -0.274. The summed E-state index contributed by atoms with van der Waals surface area (Å²) in [6, 6.07) is 11.7. The molecule has 0 saturated heterocycles. The van der Waals surface area contributed by atoms with E-state index in [1.165, 1.54) is 36.4 Å². The number of benzene rings is 2. The van der Waals surface area contributed by atoms with Gasteiger partial charge in [0.15, 0.2) is 0 Å². The quantitative estimate of drug-likeness (QED) is 0.276. The van der Waals surface area contributed by atoms with Crippen LogP contribution in [0.1, 0.15) is 16.2 Å². The lowest BCUT2D eigenvalue weighted by Crippen LogP contribution is -2.39. The Morgan fingerprint density at radius 3 is 2.30 bits per heavy atom. The van der Waals surface area contributed by atoms with Crippen molar-refractivity contribution in [2.45, 2.75) is 12.8 Å². The van der Waals surface area contributed by atoms with Gasteiger partial charge in [0.05, 0.1) is 5.56 Å². The number of nitrogens with two attached hydrogens (primary N) is 2. The molecule has 0 atom stereocenters. The zero-order valence-corrected chi connectivity index (χ0v) is 15.6. The highest BCUT2D eigenvalue weighted by Crippen LogP contribution is 2.28. The minimum Gasteiger partial charge on any atom is -0.406 e. The fourth-order valence-electron chi connectivity index (χ4n) is 2.71. The van der Waals surface area contributed by atoms with Gasteiger partial charge in [-0.25, -0.2) is 15.8 Å². The van der Waals surface area contributed by atoms with E-state index in [9.17, 15) is 18.0 Å². The standard InChI is InChI=1S/C20H18F3N5O2/c21-20(22,23)30-15-5-2-13(3-6-15)14-4-7-17(24)16(12-14)19(29)28(25)11-8-18-26-9-1-10-27-18/h1-7,9-10,12H,8,11,24-25H2. The number of aromatic nitrogens is 2. The molecule has 0 fully saturated rings. The number of carbonyl (C=O) groups excluding carboxylic acids is 1. The second kappa shape index (κ2) is 8.78. The highest BCUT2D eigenvalue weighted by Gasteiger charge is 2.31. The smallest absolute Gasteiger partial charge is 0.406 e. The summed E-state index contributed by atoms with van der Waals surface area (Å²) in [6.45, 7) is 0.177. The molecule has 0 bridgehead atoms. The van der Waals surface area contributed by atoms with Crippen LogP contribution in [0.3, 0.4) is 0 Å². The van der Waals surface area contributed by atoms with Crippen LogP contribution in [0.15, 0.2) is 60.9 Å². The van der Waals surface area contributed by atoms with E-state index >= 15 is 0 Å². The molecule has 0 saturated carbocycles. The first-order chi connectivity index (χ1) is 14.2. The van der Waals surface area contributed by atoms with Crippen LogP contribution in [0, 0.1) is 0 Å². The first-order valence-corrected chi connectivity index (χ1v) is 8.81. The Morgan fingerprint density at radius 1 is 1.03 bits per heavy atom. The third-order valence-corrected chi connectivity index (χ3v) is 4.16. The molecule has 1 aromatic heterocycles. The van der Waals surface area contributed by atoms with Crippen LogP contribution in [-0.2, 0) is 6.42 Å². The van der Waals surface area contributed by atoms with E-state index in [-0.39, 0.29) is 23.5 Å². The summed E-state index contributed by atoms with van der Waals surface area (Å²) in [6.07, 6.45) is -1.21. The summed E-state index contributed by atoms with van der Waals surface area (Å²) in [7, 11) is 0. The summed E-state index contributed by atoms with van der Waals surface area (Å²) < 4.78 is 40.8. The van der Waals surface area contributed by atoms with Gasteiger partial charge < -0.3 is 10.5 Å². The summed E-state index contributed by atoms with van der Waals surface area (Å²) in [5.74, 6) is 5.59. The molecule has 156 valence electrons. The number of anilines is 1. The van der Waals surface area contributed by atoms with E-state index in [0.717, 1.165) is 5.01 Å². The molecule has 3 aromatic rings. The largest absolute Gasteiger partial charge is 0.573 e. The van der Waals surface area contributed by atoms with Gasteiger partial charge in [-0.15, -0.1) is 13.2 Å². The van der Waals surface area contributed by atoms with Crippen LogP contribution in [0.4, 0.5) is 18.9 Å². The topological polar surface area (TPSA) is 107 Å². The molecular formula is C20H18F3N5O2. The number of nitrogens with zero attached hydrogens (tertiary/aromatic N) is 3. The zero-order valence-electron chi connectivity index (χ0n) is 15.6. The second-order valence-corrected chi connectivity index (χ2v) is 6.29. The van der Waals surface area contributed by atoms with E-state index in [0.29, 0.717) is 23.4 Å². The van der Waals surface area contributed by atoms with Crippen molar-refractivity contribution in [3.05, 3.63) is 72.3 Å².